The maximum atomic E-state index is 12.7. The van der Waals surface area contributed by atoms with Gasteiger partial charge in [0.2, 0.25) is 5.91 Å². The maximum Gasteiger partial charge on any atom is 0.233 e. The summed E-state index contributed by atoms with van der Waals surface area (Å²) in [7, 11) is 0. The number of carbonyl (C=O) groups is 1. The van der Waals surface area contributed by atoms with E-state index in [0.29, 0.717) is 5.02 Å². The van der Waals surface area contributed by atoms with E-state index in [-0.39, 0.29) is 23.1 Å². The van der Waals surface area contributed by atoms with E-state index in [1.807, 2.05) is 55.5 Å². The molecule has 2 N–H and O–H groups in total. The number of fused-ring (bicyclic) bond motifs is 1. The second-order valence-corrected chi connectivity index (χ2v) is 8.43. The van der Waals surface area contributed by atoms with Crippen molar-refractivity contribution < 1.29 is 4.79 Å². The Kier molecular flexibility index (Phi) is 5.89. The summed E-state index contributed by atoms with van der Waals surface area (Å²) in [5.41, 5.74) is 1.89. The van der Waals surface area contributed by atoms with Gasteiger partial charge in [0, 0.05) is 9.92 Å². The van der Waals surface area contributed by atoms with E-state index < -0.39 is 0 Å². The van der Waals surface area contributed by atoms with Gasteiger partial charge in [-0.15, -0.1) is 11.8 Å². The first-order chi connectivity index (χ1) is 12.4. The number of para-hydroxylation sites is 2. The third-order valence-electron chi connectivity index (χ3n) is 4.16. The molecule has 1 amide bonds. The summed E-state index contributed by atoms with van der Waals surface area (Å²) in [5.74, 6) is 0.995. The van der Waals surface area contributed by atoms with Crippen LogP contribution in [0.15, 0.2) is 53.4 Å². The summed E-state index contributed by atoms with van der Waals surface area (Å²) < 4.78 is 0. The Morgan fingerprint density at radius 2 is 1.81 bits per heavy atom. The topological polar surface area (TPSA) is 57.8 Å². The number of nitrogens with one attached hydrogen (secondary N) is 2. The maximum absolute atomic E-state index is 12.7. The van der Waals surface area contributed by atoms with Gasteiger partial charge >= 0.3 is 0 Å². The molecule has 0 aliphatic carbocycles. The van der Waals surface area contributed by atoms with Crippen LogP contribution in [0.25, 0.3) is 11.0 Å². The number of nitrogens with zero attached hydrogens (tertiary/aromatic N) is 1. The van der Waals surface area contributed by atoms with E-state index in [1.54, 1.807) is 0 Å². The predicted molar refractivity (Wildman–Crippen MR) is 109 cm³/mol. The summed E-state index contributed by atoms with van der Waals surface area (Å²) >= 11 is 7.43. The Morgan fingerprint density at radius 1 is 1.12 bits per heavy atom. The van der Waals surface area contributed by atoms with E-state index in [0.717, 1.165) is 21.8 Å². The normalized spacial score (nSPS) is 13.7. The highest BCUT2D eigenvalue weighted by atomic mass is 35.5. The van der Waals surface area contributed by atoms with Crippen LogP contribution in [-0.4, -0.2) is 21.1 Å². The summed E-state index contributed by atoms with van der Waals surface area (Å²) in [6.07, 6.45) is 0. The fraction of sp³-hybridized carbons (Fsp3) is 0.300. The second-order valence-electron chi connectivity index (χ2n) is 6.58. The van der Waals surface area contributed by atoms with Gasteiger partial charge in [-0.25, -0.2) is 4.98 Å². The standard InChI is InChI=1S/C20H22ClN3OS/c1-12(2)18(19-22-16-6-4-5-7-17(16)23-19)24-20(25)13(3)26-15-10-8-14(21)9-11-15/h4-13,18H,1-3H3,(H,22,23)(H,24,25)/t13?,18-/m0/s1. The zero-order chi connectivity index (χ0) is 18.7. The van der Waals surface area contributed by atoms with Gasteiger partial charge < -0.3 is 10.3 Å². The smallest absolute Gasteiger partial charge is 0.233 e. The Bertz CT molecular complexity index is 858. The molecule has 6 heteroatoms. The minimum Gasteiger partial charge on any atom is -0.345 e. The van der Waals surface area contributed by atoms with Crippen molar-refractivity contribution in [1.82, 2.24) is 15.3 Å². The van der Waals surface area contributed by atoms with Crippen LogP contribution < -0.4 is 5.32 Å². The lowest BCUT2D eigenvalue weighted by atomic mass is 10.0. The molecular formula is C20H22ClN3OS. The van der Waals surface area contributed by atoms with Crippen LogP contribution in [-0.2, 0) is 4.79 Å². The number of hydrogen-bond donors (Lipinski definition) is 2. The molecule has 136 valence electrons. The fourth-order valence-electron chi connectivity index (χ4n) is 2.71. The molecule has 0 fully saturated rings. The predicted octanol–water partition coefficient (Wildman–Crippen LogP) is 5.21. The molecule has 3 rings (SSSR count). The summed E-state index contributed by atoms with van der Waals surface area (Å²) in [6.45, 7) is 6.06. The minimum absolute atomic E-state index is 0.0101. The third kappa shape index (κ3) is 4.40. The van der Waals surface area contributed by atoms with E-state index in [2.05, 4.69) is 29.1 Å². The number of hydrogen-bond acceptors (Lipinski definition) is 3. The molecule has 4 nitrogen and oxygen atoms in total. The Hall–Kier alpha value is -1.98. The van der Waals surface area contributed by atoms with Crippen LogP contribution in [0.1, 0.15) is 32.6 Å². The monoisotopic (exact) mass is 387 g/mol. The highest BCUT2D eigenvalue weighted by molar-refractivity contribution is 8.00. The number of H-pyrrole nitrogens is 1. The molecule has 0 saturated carbocycles. The van der Waals surface area contributed by atoms with Crippen LogP contribution in [0, 0.1) is 5.92 Å². The zero-order valence-corrected chi connectivity index (χ0v) is 16.6. The van der Waals surface area contributed by atoms with Crippen molar-refractivity contribution in [3.05, 3.63) is 59.4 Å². The zero-order valence-electron chi connectivity index (χ0n) is 15.0. The molecule has 0 saturated heterocycles. The highest BCUT2D eigenvalue weighted by Crippen LogP contribution is 2.27. The molecule has 1 heterocycles. The average Bonchev–Trinajstić information content (AvgIpc) is 3.04. The molecule has 2 atom stereocenters. The van der Waals surface area contributed by atoms with Gasteiger partial charge in [0.25, 0.3) is 0 Å². The highest BCUT2D eigenvalue weighted by Gasteiger charge is 2.24. The van der Waals surface area contributed by atoms with Gasteiger partial charge in [-0.1, -0.05) is 37.6 Å². The van der Waals surface area contributed by atoms with Crippen LogP contribution in [0.4, 0.5) is 0 Å². The van der Waals surface area contributed by atoms with Crippen LogP contribution in [0.2, 0.25) is 5.02 Å². The second kappa shape index (κ2) is 8.14. The SMILES string of the molecule is CC(Sc1ccc(Cl)cc1)C(=O)N[C@H](c1nc2ccccc2[nH]1)C(C)C. The lowest BCUT2D eigenvalue weighted by Crippen LogP contribution is -2.37. The summed E-state index contributed by atoms with van der Waals surface area (Å²) in [4.78, 5) is 21.7. The molecule has 0 aliphatic rings. The third-order valence-corrected chi connectivity index (χ3v) is 5.53. The first-order valence-corrected chi connectivity index (χ1v) is 9.87. The van der Waals surface area contributed by atoms with Crippen LogP contribution in [0.5, 0.6) is 0 Å². The number of imidazole rings is 1. The molecule has 1 aromatic heterocycles. The number of halogens is 1. The van der Waals surface area contributed by atoms with Gasteiger partial charge in [0.15, 0.2) is 0 Å². The van der Waals surface area contributed by atoms with Crippen molar-refractivity contribution in [3.8, 4) is 0 Å². The average molecular weight is 388 g/mol. The van der Waals surface area contributed by atoms with Crippen molar-refractivity contribution >= 4 is 40.3 Å². The van der Waals surface area contributed by atoms with E-state index in [9.17, 15) is 4.79 Å². The van der Waals surface area contributed by atoms with E-state index in [4.69, 9.17) is 11.6 Å². The number of aromatic amines is 1. The molecule has 0 bridgehead atoms. The van der Waals surface area contributed by atoms with Crippen molar-refractivity contribution in [2.75, 3.05) is 0 Å². The van der Waals surface area contributed by atoms with E-state index in [1.165, 1.54) is 11.8 Å². The first-order valence-electron chi connectivity index (χ1n) is 8.61. The van der Waals surface area contributed by atoms with Crippen LogP contribution >= 0.6 is 23.4 Å². The number of thioether (sulfide) groups is 1. The molecule has 0 radical (unpaired) electrons. The Balaban J connectivity index is 1.72. The lowest BCUT2D eigenvalue weighted by molar-refractivity contribution is -0.121. The molecule has 3 aromatic rings. The number of aromatic nitrogens is 2. The molecule has 1 unspecified atom stereocenters. The van der Waals surface area contributed by atoms with Crippen molar-refractivity contribution in [3.63, 3.8) is 0 Å². The van der Waals surface area contributed by atoms with Gasteiger partial charge in [0.1, 0.15) is 5.82 Å². The van der Waals surface area contributed by atoms with Gasteiger partial charge in [-0.05, 0) is 49.2 Å². The Labute approximate surface area is 162 Å². The number of amides is 1. The number of benzene rings is 2. The van der Waals surface area contributed by atoms with Gasteiger partial charge in [-0.3, -0.25) is 4.79 Å². The van der Waals surface area contributed by atoms with E-state index >= 15 is 0 Å². The molecule has 0 spiro atoms. The quantitative estimate of drug-likeness (QED) is 0.571. The van der Waals surface area contributed by atoms with Gasteiger partial charge in [0.05, 0.1) is 22.3 Å². The van der Waals surface area contributed by atoms with Crippen LogP contribution in [0.3, 0.4) is 0 Å². The van der Waals surface area contributed by atoms with Gasteiger partial charge in [-0.2, -0.15) is 0 Å². The Morgan fingerprint density at radius 3 is 2.46 bits per heavy atom. The van der Waals surface area contributed by atoms with Crippen molar-refractivity contribution in [2.24, 2.45) is 5.92 Å². The summed E-state index contributed by atoms with van der Waals surface area (Å²) in [6, 6.07) is 15.2. The lowest BCUT2D eigenvalue weighted by Gasteiger charge is -2.22. The number of rotatable bonds is 6. The fourth-order valence-corrected chi connectivity index (χ4v) is 3.71. The minimum atomic E-state index is -0.221. The largest absolute Gasteiger partial charge is 0.345 e. The number of carbonyl (C=O) groups excluding carboxylic acids is 1. The van der Waals surface area contributed by atoms with Crippen molar-refractivity contribution in [1.29, 1.82) is 0 Å². The molecule has 26 heavy (non-hydrogen) atoms. The molecule has 0 aliphatic heterocycles. The summed E-state index contributed by atoms with van der Waals surface area (Å²) in [5, 5.41) is 3.62. The first kappa shape index (κ1) is 18.8. The molecular weight excluding hydrogens is 366 g/mol. The van der Waals surface area contributed by atoms with Crippen molar-refractivity contribution in [2.45, 2.75) is 37.0 Å². The molecule has 2 aromatic carbocycles.